The second-order valence-corrected chi connectivity index (χ2v) is 7.04. The third kappa shape index (κ3) is 3.09. The zero-order valence-corrected chi connectivity index (χ0v) is 12.2. The molecule has 5 heteroatoms. The Morgan fingerprint density at radius 2 is 1.89 bits per heavy atom. The van der Waals surface area contributed by atoms with E-state index in [1.165, 1.54) is 24.3 Å². The SMILES string of the molecule is CCC1CCC(NS(=O)(=O)c2ccc(O)cc2)C1C. The highest BCUT2D eigenvalue weighted by atomic mass is 32.2. The molecule has 106 valence electrons. The van der Waals surface area contributed by atoms with Crippen molar-refractivity contribution in [1.29, 1.82) is 0 Å². The van der Waals surface area contributed by atoms with Crippen molar-refractivity contribution in [2.45, 2.75) is 44.0 Å². The fourth-order valence-corrected chi connectivity index (χ4v) is 4.24. The van der Waals surface area contributed by atoms with Gasteiger partial charge in [0.15, 0.2) is 0 Å². The molecule has 0 radical (unpaired) electrons. The number of phenolic OH excluding ortho intramolecular Hbond substituents is 1. The van der Waals surface area contributed by atoms with Crippen LogP contribution in [-0.2, 0) is 10.0 Å². The standard InChI is InChI=1S/C14H21NO3S/c1-3-11-4-9-14(10(11)2)15-19(17,18)13-7-5-12(16)6-8-13/h5-8,10-11,14-16H,3-4,9H2,1-2H3. The highest BCUT2D eigenvalue weighted by Gasteiger charge is 2.34. The highest BCUT2D eigenvalue weighted by molar-refractivity contribution is 7.89. The lowest BCUT2D eigenvalue weighted by molar-refractivity contribution is 0.368. The Morgan fingerprint density at radius 3 is 2.42 bits per heavy atom. The quantitative estimate of drug-likeness (QED) is 0.892. The molecule has 0 bridgehead atoms. The van der Waals surface area contributed by atoms with Crippen LogP contribution in [0.5, 0.6) is 5.75 Å². The molecule has 0 aromatic heterocycles. The largest absolute Gasteiger partial charge is 0.508 e. The van der Waals surface area contributed by atoms with Gasteiger partial charge in [0.25, 0.3) is 0 Å². The number of aromatic hydroxyl groups is 1. The topological polar surface area (TPSA) is 66.4 Å². The van der Waals surface area contributed by atoms with Crippen molar-refractivity contribution >= 4 is 10.0 Å². The summed E-state index contributed by atoms with van der Waals surface area (Å²) in [7, 11) is -3.49. The maximum atomic E-state index is 12.2. The maximum absolute atomic E-state index is 12.2. The lowest BCUT2D eigenvalue weighted by atomic mass is 9.94. The molecule has 3 atom stereocenters. The van der Waals surface area contributed by atoms with Gasteiger partial charge in [0.05, 0.1) is 4.90 Å². The lowest BCUT2D eigenvalue weighted by Crippen LogP contribution is -2.37. The van der Waals surface area contributed by atoms with Gasteiger partial charge < -0.3 is 5.11 Å². The van der Waals surface area contributed by atoms with Crippen LogP contribution >= 0.6 is 0 Å². The molecule has 1 aromatic rings. The van der Waals surface area contributed by atoms with Crippen LogP contribution < -0.4 is 4.72 Å². The molecule has 0 aliphatic heterocycles. The first-order valence-corrected chi connectivity index (χ1v) is 8.23. The summed E-state index contributed by atoms with van der Waals surface area (Å²) >= 11 is 0. The summed E-state index contributed by atoms with van der Waals surface area (Å²) in [6, 6.07) is 5.65. The Morgan fingerprint density at radius 1 is 1.26 bits per heavy atom. The average molecular weight is 283 g/mol. The van der Waals surface area contributed by atoms with E-state index in [4.69, 9.17) is 0 Å². The van der Waals surface area contributed by atoms with Crippen molar-refractivity contribution in [3.05, 3.63) is 24.3 Å². The number of hydrogen-bond acceptors (Lipinski definition) is 3. The summed E-state index contributed by atoms with van der Waals surface area (Å²) in [5.41, 5.74) is 0. The van der Waals surface area contributed by atoms with Crippen molar-refractivity contribution in [1.82, 2.24) is 4.72 Å². The summed E-state index contributed by atoms with van der Waals surface area (Å²) < 4.78 is 27.3. The third-order valence-electron chi connectivity index (χ3n) is 4.20. The molecule has 2 N–H and O–H groups in total. The van der Waals surface area contributed by atoms with Crippen molar-refractivity contribution in [2.24, 2.45) is 11.8 Å². The minimum atomic E-state index is -3.49. The Labute approximate surface area is 114 Å². The van der Waals surface area contributed by atoms with Crippen LogP contribution in [0.3, 0.4) is 0 Å². The smallest absolute Gasteiger partial charge is 0.240 e. The van der Waals surface area contributed by atoms with E-state index in [1.807, 2.05) is 0 Å². The van der Waals surface area contributed by atoms with Gasteiger partial charge >= 0.3 is 0 Å². The van der Waals surface area contributed by atoms with Gasteiger partial charge in [0.2, 0.25) is 10.0 Å². The van der Waals surface area contributed by atoms with Crippen LogP contribution in [0, 0.1) is 11.8 Å². The van der Waals surface area contributed by atoms with Crippen LogP contribution in [-0.4, -0.2) is 19.6 Å². The predicted molar refractivity (Wildman–Crippen MR) is 74.4 cm³/mol. The van der Waals surface area contributed by atoms with Gasteiger partial charge in [-0.1, -0.05) is 20.3 Å². The van der Waals surface area contributed by atoms with Crippen molar-refractivity contribution in [3.8, 4) is 5.75 Å². The van der Waals surface area contributed by atoms with Crippen molar-refractivity contribution in [2.75, 3.05) is 0 Å². The van der Waals surface area contributed by atoms with Crippen LogP contribution in [0.2, 0.25) is 0 Å². The van der Waals surface area contributed by atoms with E-state index in [1.54, 1.807) is 0 Å². The number of nitrogens with one attached hydrogen (secondary N) is 1. The van der Waals surface area contributed by atoms with Crippen molar-refractivity contribution in [3.63, 3.8) is 0 Å². The summed E-state index contributed by atoms with van der Waals surface area (Å²) in [6.07, 6.45) is 3.08. The van der Waals surface area contributed by atoms with Gasteiger partial charge in [-0.2, -0.15) is 0 Å². The Kier molecular flexibility index (Phi) is 4.16. The molecular formula is C14H21NO3S. The molecule has 0 heterocycles. The molecule has 3 unspecified atom stereocenters. The second-order valence-electron chi connectivity index (χ2n) is 5.33. The van der Waals surface area contributed by atoms with E-state index in [0.717, 1.165) is 19.3 Å². The first kappa shape index (κ1) is 14.3. The van der Waals surface area contributed by atoms with Gasteiger partial charge in [-0.05, 0) is 48.9 Å². The first-order valence-electron chi connectivity index (χ1n) is 6.75. The first-order chi connectivity index (χ1) is 8.94. The summed E-state index contributed by atoms with van der Waals surface area (Å²) in [5, 5.41) is 9.20. The lowest BCUT2D eigenvalue weighted by Gasteiger charge is -2.20. The minimum absolute atomic E-state index is 0.0174. The van der Waals surface area contributed by atoms with E-state index in [-0.39, 0.29) is 16.7 Å². The number of sulfonamides is 1. The van der Waals surface area contributed by atoms with E-state index in [2.05, 4.69) is 18.6 Å². The summed E-state index contributed by atoms with van der Waals surface area (Å²) in [6.45, 7) is 4.27. The predicted octanol–water partition coefficient (Wildman–Crippen LogP) is 2.50. The van der Waals surface area contributed by atoms with Crippen LogP contribution in [0.25, 0.3) is 0 Å². The Hall–Kier alpha value is -1.07. The van der Waals surface area contributed by atoms with E-state index in [9.17, 15) is 13.5 Å². The van der Waals surface area contributed by atoms with Crippen LogP contribution in [0.1, 0.15) is 33.1 Å². The normalized spacial score (nSPS) is 27.6. The molecule has 1 fully saturated rings. The Bertz CT molecular complexity index is 524. The molecule has 1 aromatic carbocycles. The second kappa shape index (κ2) is 5.51. The molecule has 1 aliphatic rings. The molecule has 19 heavy (non-hydrogen) atoms. The fraction of sp³-hybridized carbons (Fsp3) is 0.571. The van der Waals surface area contributed by atoms with Crippen LogP contribution in [0.4, 0.5) is 0 Å². The molecular weight excluding hydrogens is 262 g/mol. The summed E-state index contributed by atoms with van der Waals surface area (Å²) in [5.74, 6) is 1.05. The van der Waals surface area contributed by atoms with E-state index >= 15 is 0 Å². The third-order valence-corrected chi connectivity index (χ3v) is 5.71. The van der Waals surface area contributed by atoms with Gasteiger partial charge in [0.1, 0.15) is 5.75 Å². The van der Waals surface area contributed by atoms with E-state index < -0.39 is 10.0 Å². The van der Waals surface area contributed by atoms with Gasteiger partial charge in [0, 0.05) is 6.04 Å². The molecule has 0 spiro atoms. The number of benzene rings is 1. The van der Waals surface area contributed by atoms with Gasteiger partial charge in [-0.15, -0.1) is 0 Å². The van der Waals surface area contributed by atoms with Gasteiger partial charge in [-0.3, -0.25) is 0 Å². The molecule has 4 nitrogen and oxygen atoms in total. The molecule has 2 rings (SSSR count). The summed E-state index contributed by atoms with van der Waals surface area (Å²) in [4.78, 5) is 0.206. The molecule has 1 aliphatic carbocycles. The highest BCUT2D eigenvalue weighted by Crippen LogP contribution is 2.34. The monoisotopic (exact) mass is 283 g/mol. The fourth-order valence-electron chi connectivity index (χ4n) is 2.88. The molecule has 1 saturated carbocycles. The van der Waals surface area contributed by atoms with E-state index in [0.29, 0.717) is 11.8 Å². The zero-order chi connectivity index (χ0) is 14.0. The number of hydrogen-bond donors (Lipinski definition) is 2. The van der Waals surface area contributed by atoms with Crippen molar-refractivity contribution < 1.29 is 13.5 Å². The molecule has 0 saturated heterocycles. The maximum Gasteiger partial charge on any atom is 0.240 e. The zero-order valence-electron chi connectivity index (χ0n) is 11.3. The minimum Gasteiger partial charge on any atom is -0.508 e. The van der Waals surface area contributed by atoms with Crippen LogP contribution in [0.15, 0.2) is 29.2 Å². The molecule has 0 amide bonds. The Balaban J connectivity index is 2.12. The number of phenols is 1. The van der Waals surface area contributed by atoms with Gasteiger partial charge in [-0.25, -0.2) is 13.1 Å². The number of rotatable bonds is 4. The average Bonchev–Trinajstić information content (AvgIpc) is 2.70.